The van der Waals surface area contributed by atoms with Crippen LogP contribution in [-0.2, 0) is 11.0 Å². The number of benzene rings is 1. The van der Waals surface area contributed by atoms with E-state index in [0.717, 1.165) is 5.56 Å². The van der Waals surface area contributed by atoms with Crippen molar-refractivity contribution in [1.29, 1.82) is 0 Å². The van der Waals surface area contributed by atoms with Gasteiger partial charge in [-0.15, -0.1) is 0 Å². The van der Waals surface area contributed by atoms with Crippen LogP contribution in [0.15, 0.2) is 36.4 Å². The molecule has 1 fully saturated rings. The fourth-order valence-corrected chi connectivity index (χ4v) is 3.13. The van der Waals surface area contributed by atoms with Gasteiger partial charge < -0.3 is 15.0 Å². The minimum Gasteiger partial charge on any atom is -0.487 e. The monoisotopic (exact) mass is 413 g/mol. The summed E-state index contributed by atoms with van der Waals surface area (Å²) in [6.45, 7) is 4.20. The van der Waals surface area contributed by atoms with Crippen molar-refractivity contribution in [2.24, 2.45) is 0 Å². The van der Waals surface area contributed by atoms with Crippen molar-refractivity contribution >= 4 is 23.3 Å². The first kappa shape index (κ1) is 20.3. The van der Waals surface area contributed by atoms with Crippen LogP contribution < -0.4 is 15.0 Å². The summed E-state index contributed by atoms with van der Waals surface area (Å²) in [6, 6.07) is 9.90. The first-order valence-electron chi connectivity index (χ1n) is 8.66. The van der Waals surface area contributed by atoms with Crippen LogP contribution in [0.4, 0.5) is 19.0 Å². The molecule has 1 aromatic carbocycles. The van der Waals surface area contributed by atoms with Gasteiger partial charge in [-0.1, -0.05) is 23.7 Å². The van der Waals surface area contributed by atoms with Gasteiger partial charge in [-0.3, -0.25) is 4.79 Å². The van der Waals surface area contributed by atoms with Gasteiger partial charge in [-0.05, 0) is 36.8 Å². The fourth-order valence-electron chi connectivity index (χ4n) is 2.92. The summed E-state index contributed by atoms with van der Waals surface area (Å²) in [5.41, 5.74) is -0.136. The van der Waals surface area contributed by atoms with Crippen molar-refractivity contribution in [2.75, 3.05) is 18.0 Å². The van der Waals surface area contributed by atoms with Crippen molar-refractivity contribution in [3.8, 4) is 5.75 Å². The Morgan fingerprint density at radius 1 is 1.25 bits per heavy atom. The molecule has 0 saturated carbocycles. The highest BCUT2D eigenvalue weighted by Crippen LogP contribution is 2.35. The number of rotatable bonds is 5. The fraction of sp³-hybridized carbons (Fsp3) is 0.368. The second kappa shape index (κ2) is 7.87. The van der Waals surface area contributed by atoms with Crippen LogP contribution in [0.1, 0.15) is 31.1 Å². The van der Waals surface area contributed by atoms with Gasteiger partial charge in [-0.25, -0.2) is 4.98 Å². The van der Waals surface area contributed by atoms with Crippen molar-refractivity contribution in [2.45, 2.75) is 32.2 Å². The minimum atomic E-state index is -4.59. The van der Waals surface area contributed by atoms with Crippen LogP contribution in [-0.4, -0.2) is 30.1 Å². The van der Waals surface area contributed by atoms with Gasteiger partial charge >= 0.3 is 6.18 Å². The lowest BCUT2D eigenvalue weighted by Gasteiger charge is -2.40. The molecule has 0 unspecified atom stereocenters. The molecule has 0 radical (unpaired) electrons. The smallest absolute Gasteiger partial charge is 0.434 e. The number of hydrogen-bond acceptors (Lipinski definition) is 4. The van der Waals surface area contributed by atoms with Crippen LogP contribution >= 0.6 is 11.6 Å². The molecule has 1 aliphatic heterocycles. The maximum atomic E-state index is 12.9. The SMILES string of the molecule is CC(=O)N[C@@H](C)c1ccc(OC2CN(c3ccc(Cl)c(C(F)(F)F)n3)C2)cc1. The molecule has 1 atom stereocenters. The van der Waals surface area contributed by atoms with E-state index < -0.39 is 16.9 Å². The van der Waals surface area contributed by atoms with Gasteiger partial charge in [0.2, 0.25) is 5.91 Å². The maximum absolute atomic E-state index is 12.9. The number of nitrogens with one attached hydrogen (secondary N) is 1. The Balaban J connectivity index is 1.57. The van der Waals surface area contributed by atoms with Gasteiger partial charge in [0.1, 0.15) is 17.7 Å². The molecule has 5 nitrogen and oxygen atoms in total. The van der Waals surface area contributed by atoms with E-state index in [-0.39, 0.29) is 23.9 Å². The Morgan fingerprint density at radius 3 is 2.46 bits per heavy atom. The zero-order valence-corrected chi connectivity index (χ0v) is 16.0. The first-order valence-corrected chi connectivity index (χ1v) is 9.03. The van der Waals surface area contributed by atoms with E-state index in [2.05, 4.69) is 10.3 Å². The van der Waals surface area contributed by atoms with Crippen molar-refractivity contribution < 1.29 is 22.7 Å². The summed E-state index contributed by atoms with van der Waals surface area (Å²) in [7, 11) is 0. The van der Waals surface area contributed by atoms with Crippen LogP contribution in [0.5, 0.6) is 5.75 Å². The molecule has 2 heterocycles. The van der Waals surface area contributed by atoms with Crippen molar-refractivity contribution in [1.82, 2.24) is 10.3 Å². The standard InChI is InChI=1S/C19H19ClF3N3O2/c1-11(24-12(2)27)13-3-5-14(6-4-13)28-15-9-26(10-15)17-8-7-16(20)18(25-17)19(21,22)23/h3-8,11,15H,9-10H2,1-2H3,(H,24,27)/t11-/m0/s1. The van der Waals surface area contributed by atoms with Gasteiger partial charge in [0.05, 0.1) is 24.2 Å². The number of ether oxygens (including phenoxy) is 1. The summed E-state index contributed by atoms with van der Waals surface area (Å²) in [4.78, 5) is 16.5. The normalized spacial score (nSPS) is 15.7. The summed E-state index contributed by atoms with van der Waals surface area (Å²) in [5.74, 6) is 0.770. The van der Waals surface area contributed by atoms with Crippen molar-refractivity contribution in [3.05, 3.63) is 52.7 Å². The number of alkyl halides is 3. The molecular formula is C19H19ClF3N3O2. The largest absolute Gasteiger partial charge is 0.487 e. The Morgan fingerprint density at radius 2 is 1.89 bits per heavy atom. The average Bonchev–Trinajstić information content (AvgIpc) is 2.57. The topological polar surface area (TPSA) is 54.5 Å². The maximum Gasteiger partial charge on any atom is 0.434 e. The summed E-state index contributed by atoms with van der Waals surface area (Å²) < 4.78 is 44.6. The Bertz CT molecular complexity index is 852. The van der Waals surface area contributed by atoms with E-state index in [1.807, 2.05) is 19.1 Å². The molecule has 28 heavy (non-hydrogen) atoms. The second-order valence-corrected chi connectivity index (χ2v) is 7.04. The Kier molecular flexibility index (Phi) is 5.69. The molecule has 3 rings (SSSR count). The number of aromatic nitrogens is 1. The third-order valence-corrected chi connectivity index (χ3v) is 4.68. The van der Waals surface area contributed by atoms with Crippen LogP contribution in [0.2, 0.25) is 5.02 Å². The number of carbonyl (C=O) groups excluding carboxylic acids is 1. The predicted molar refractivity (Wildman–Crippen MR) is 99.6 cm³/mol. The molecule has 0 spiro atoms. The zero-order chi connectivity index (χ0) is 20.5. The number of amides is 1. The molecule has 1 aliphatic rings. The highest BCUT2D eigenvalue weighted by atomic mass is 35.5. The number of hydrogen-bond donors (Lipinski definition) is 1. The third-order valence-electron chi connectivity index (χ3n) is 4.37. The zero-order valence-electron chi connectivity index (χ0n) is 15.3. The highest BCUT2D eigenvalue weighted by molar-refractivity contribution is 6.31. The molecule has 1 amide bonds. The number of anilines is 1. The minimum absolute atomic E-state index is 0.105. The summed E-state index contributed by atoms with van der Waals surface area (Å²) >= 11 is 5.60. The lowest BCUT2D eigenvalue weighted by atomic mass is 10.1. The van der Waals surface area contributed by atoms with E-state index >= 15 is 0 Å². The Hall–Kier alpha value is -2.48. The molecular weight excluding hydrogens is 395 g/mol. The molecule has 1 saturated heterocycles. The molecule has 0 bridgehead atoms. The Labute approximate surface area is 165 Å². The van der Waals surface area contributed by atoms with Gasteiger partial charge in [0, 0.05) is 6.92 Å². The molecule has 150 valence electrons. The van der Waals surface area contributed by atoms with Crippen molar-refractivity contribution in [3.63, 3.8) is 0 Å². The molecule has 1 N–H and O–H groups in total. The van der Waals surface area contributed by atoms with Crippen LogP contribution in [0.3, 0.4) is 0 Å². The van der Waals surface area contributed by atoms with Crippen LogP contribution in [0, 0.1) is 0 Å². The van der Waals surface area contributed by atoms with Gasteiger partial charge in [-0.2, -0.15) is 13.2 Å². The second-order valence-electron chi connectivity index (χ2n) is 6.63. The number of halogens is 4. The average molecular weight is 414 g/mol. The van der Waals surface area contributed by atoms with Gasteiger partial charge in [0.25, 0.3) is 0 Å². The summed E-state index contributed by atoms with van der Waals surface area (Å²) in [5, 5.41) is 2.38. The number of nitrogens with zero attached hydrogens (tertiary/aromatic N) is 2. The highest BCUT2D eigenvalue weighted by Gasteiger charge is 2.37. The van der Waals surface area contributed by atoms with Crippen LogP contribution in [0.25, 0.3) is 0 Å². The quantitative estimate of drug-likeness (QED) is 0.797. The lowest BCUT2D eigenvalue weighted by molar-refractivity contribution is -0.141. The van der Waals surface area contributed by atoms with E-state index in [9.17, 15) is 18.0 Å². The van der Waals surface area contributed by atoms with Gasteiger partial charge in [0.15, 0.2) is 5.69 Å². The first-order chi connectivity index (χ1) is 13.1. The van der Waals surface area contributed by atoms with E-state index in [1.54, 1.807) is 17.0 Å². The van der Waals surface area contributed by atoms with E-state index in [0.29, 0.717) is 18.8 Å². The molecule has 0 aliphatic carbocycles. The molecule has 1 aromatic heterocycles. The number of pyridine rings is 1. The van der Waals surface area contributed by atoms with E-state index in [4.69, 9.17) is 16.3 Å². The molecule has 9 heteroatoms. The molecule has 2 aromatic rings. The predicted octanol–water partition coefficient (Wildman–Crippen LogP) is 4.22. The summed E-state index contributed by atoms with van der Waals surface area (Å²) in [6.07, 6.45) is -4.74. The van der Waals surface area contributed by atoms with E-state index in [1.165, 1.54) is 19.1 Å². The lowest BCUT2D eigenvalue weighted by Crippen LogP contribution is -2.54. The number of carbonyl (C=O) groups is 1. The third kappa shape index (κ3) is 4.67.